The Labute approximate surface area is 100 Å². The van der Waals surface area contributed by atoms with Crippen LogP contribution in [0.4, 0.5) is 0 Å². The van der Waals surface area contributed by atoms with Crippen molar-refractivity contribution in [2.24, 2.45) is 23.7 Å². The van der Waals surface area contributed by atoms with Crippen LogP contribution in [0.3, 0.4) is 0 Å². The summed E-state index contributed by atoms with van der Waals surface area (Å²) in [4.78, 5) is 12.0. The second-order valence-corrected chi connectivity index (χ2v) is 5.81. The van der Waals surface area contributed by atoms with E-state index >= 15 is 0 Å². The number of Topliss-reactive ketones (excluding diaryl/α,β-unsaturated/α-hetero) is 1. The molecule has 1 rings (SSSR count). The van der Waals surface area contributed by atoms with Gasteiger partial charge >= 0.3 is 0 Å². The van der Waals surface area contributed by atoms with Crippen LogP contribution in [0, 0.1) is 23.7 Å². The zero-order valence-corrected chi connectivity index (χ0v) is 11.2. The Hall–Kier alpha value is -0.590. The molecule has 0 bridgehead atoms. The number of carbonyl (C=O) groups is 1. The fourth-order valence-electron chi connectivity index (χ4n) is 2.35. The smallest absolute Gasteiger partial charge is 0.139 e. The van der Waals surface area contributed by atoms with Crippen LogP contribution in [0.15, 0.2) is 12.2 Å². The number of hydrogen-bond donors (Lipinski definition) is 0. The highest BCUT2D eigenvalue weighted by molar-refractivity contribution is 5.82. The standard InChI is InChI=1S/C15H26O/c1-11(2)14-9-8-12(3)6-5-7-13(4)15(16)10-14/h5,7,11-14H,6,8-10H2,1-4H3/b7-5+/t12-,13+,14-/m0/s1. The maximum atomic E-state index is 12.0. The molecule has 1 nitrogen and oxygen atoms in total. The van der Waals surface area contributed by atoms with Crippen LogP contribution in [-0.2, 0) is 4.79 Å². The lowest BCUT2D eigenvalue weighted by molar-refractivity contribution is -0.122. The molecule has 0 aromatic heterocycles. The lowest BCUT2D eigenvalue weighted by Crippen LogP contribution is -2.19. The minimum Gasteiger partial charge on any atom is -0.299 e. The van der Waals surface area contributed by atoms with Crippen LogP contribution in [-0.4, -0.2) is 5.78 Å². The van der Waals surface area contributed by atoms with Gasteiger partial charge in [-0.15, -0.1) is 0 Å². The molecule has 1 aliphatic rings. The highest BCUT2D eigenvalue weighted by Crippen LogP contribution is 2.27. The van der Waals surface area contributed by atoms with Crippen LogP contribution in [0.2, 0.25) is 0 Å². The van der Waals surface area contributed by atoms with Gasteiger partial charge in [-0.3, -0.25) is 4.79 Å². The Morgan fingerprint density at radius 2 is 1.94 bits per heavy atom. The average Bonchev–Trinajstić information content (AvgIpc) is 2.22. The SMILES string of the molecule is CC(C)[C@H]1CC[C@@H](C)C/C=C/[C@@H](C)C(=O)C1. The summed E-state index contributed by atoms with van der Waals surface area (Å²) >= 11 is 0. The van der Waals surface area contributed by atoms with Gasteiger partial charge in [0.2, 0.25) is 0 Å². The van der Waals surface area contributed by atoms with E-state index in [0.717, 1.165) is 18.8 Å². The fourth-order valence-corrected chi connectivity index (χ4v) is 2.35. The molecule has 0 N–H and O–H groups in total. The molecule has 16 heavy (non-hydrogen) atoms. The minimum absolute atomic E-state index is 0.117. The predicted molar refractivity (Wildman–Crippen MR) is 69.3 cm³/mol. The third-order valence-corrected chi connectivity index (χ3v) is 3.91. The summed E-state index contributed by atoms with van der Waals surface area (Å²) in [5.41, 5.74) is 0. The van der Waals surface area contributed by atoms with Crippen molar-refractivity contribution >= 4 is 5.78 Å². The van der Waals surface area contributed by atoms with Gasteiger partial charge < -0.3 is 0 Å². The van der Waals surface area contributed by atoms with E-state index in [0.29, 0.717) is 17.6 Å². The van der Waals surface area contributed by atoms with Crippen molar-refractivity contribution in [3.05, 3.63) is 12.2 Å². The summed E-state index contributed by atoms with van der Waals surface area (Å²) in [5.74, 6) is 2.52. The van der Waals surface area contributed by atoms with Crippen LogP contribution < -0.4 is 0 Å². The molecular weight excluding hydrogens is 196 g/mol. The normalized spacial score (nSPS) is 35.1. The molecular formula is C15H26O. The molecule has 1 heteroatoms. The third kappa shape index (κ3) is 4.11. The molecule has 0 spiro atoms. The maximum absolute atomic E-state index is 12.0. The highest BCUT2D eigenvalue weighted by atomic mass is 16.1. The molecule has 0 aromatic rings. The van der Waals surface area contributed by atoms with Crippen LogP contribution in [0.1, 0.15) is 53.4 Å². The maximum Gasteiger partial charge on any atom is 0.139 e. The number of allylic oxidation sites excluding steroid dienone is 2. The van der Waals surface area contributed by atoms with Gasteiger partial charge in [-0.1, -0.05) is 46.3 Å². The Kier molecular flexibility index (Phi) is 5.24. The van der Waals surface area contributed by atoms with Gasteiger partial charge in [0.15, 0.2) is 0 Å². The minimum atomic E-state index is 0.117. The summed E-state index contributed by atoms with van der Waals surface area (Å²) in [6, 6.07) is 0. The van der Waals surface area contributed by atoms with Gasteiger partial charge in [0, 0.05) is 12.3 Å². The molecule has 0 aliphatic heterocycles. The average molecular weight is 222 g/mol. The Morgan fingerprint density at radius 1 is 1.25 bits per heavy atom. The van der Waals surface area contributed by atoms with E-state index in [1.54, 1.807) is 0 Å². The fraction of sp³-hybridized carbons (Fsp3) is 0.800. The largest absolute Gasteiger partial charge is 0.299 e. The third-order valence-electron chi connectivity index (χ3n) is 3.91. The van der Waals surface area contributed by atoms with Gasteiger partial charge in [0.05, 0.1) is 0 Å². The van der Waals surface area contributed by atoms with Crippen LogP contribution in [0.25, 0.3) is 0 Å². The molecule has 0 fully saturated rings. The summed E-state index contributed by atoms with van der Waals surface area (Å²) in [7, 11) is 0. The van der Waals surface area contributed by atoms with E-state index in [-0.39, 0.29) is 5.92 Å². The lowest BCUT2D eigenvalue weighted by atomic mass is 9.81. The van der Waals surface area contributed by atoms with E-state index in [9.17, 15) is 4.79 Å². The van der Waals surface area contributed by atoms with Crippen molar-refractivity contribution in [1.29, 1.82) is 0 Å². The first-order valence-corrected chi connectivity index (χ1v) is 6.70. The first-order chi connectivity index (χ1) is 7.50. The molecule has 1 aliphatic carbocycles. The first-order valence-electron chi connectivity index (χ1n) is 6.70. The van der Waals surface area contributed by atoms with Crippen molar-refractivity contribution in [1.82, 2.24) is 0 Å². The van der Waals surface area contributed by atoms with Gasteiger partial charge in [-0.25, -0.2) is 0 Å². The quantitative estimate of drug-likeness (QED) is 0.607. The summed E-state index contributed by atoms with van der Waals surface area (Å²) in [6.45, 7) is 8.84. The van der Waals surface area contributed by atoms with Crippen molar-refractivity contribution in [3.8, 4) is 0 Å². The molecule has 0 unspecified atom stereocenters. The zero-order valence-electron chi connectivity index (χ0n) is 11.2. The molecule has 0 heterocycles. The molecule has 0 saturated heterocycles. The number of ketones is 1. The van der Waals surface area contributed by atoms with E-state index in [1.807, 2.05) is 6.92 Å². The molecule has 0 radical (unpaired) electrons. The second-order valence-electron chi connectivity index (χ2n) is 5.81. The van der Waals surface area contributed by atoms with E-state index in [2.05, 4.69) is 32.9 Å². The molecule has 0 aromatic carbocycles. The van der Waals surface area contributed by atoms with Crippen molar-refractivity contribution < 1.29 is 4.79 Å². The summed E-state index contributed by atoms with van der Waals surface area (Å²) < 4.78 is 0. The number of rotatable bonds is 1. The number of carbonyl (C=O) groups excluding carboxylic acids is 1. The van der Waals surface area contributed by atoms with Crippen molar-refractivity contribution in [2.75, 3.05) is 0 Å². The Morgan fingerprint density at radius 3 is 2.56 bits per heavy atom. The topological polar surface area (TPSA) is 17.1 Å². The Bertz CT molecular complexity index is 252. The Balaban J connectivity index is 2.71. The molecule has 0 amide bonds. The predicted octanol–water partition coefficient (Wildman–Crippen LogP) is 4.23. The lowest BCUT2D eigenvalue weighted by Gasteiger charge is -2.23. The summed E-state index contributed by atoms with van der Waals surface area (Å²) in [6.07, 6.45) is 8.67. The molecule has 0 saturated carbocycles. The van der Waals surface area contributed by atoms with Gasteiger partial charge in [-0.2, -0.15) is 0 Å². The monoisotopic (exact) mass is 222 g/mol. The van der Waals surface area contributed by atoms with Crippen molar-refractivity contribution in [3.63, 3.8) is 0 Å². The van der Waals surface area contributed by atoms with Crippen LogP contribution in [0.5, 0.6) is 0 Å². The van der Waals surface area contributed by atoms with E-state index in [4.69, 9.17) is 0 Å². The first kappa shape index (κ1) is 13.5. The van der Waals surface area contributed by atoms with E-state index in [1.165, 1.54) is 12.8 Å². The molecule has 3 atom stereocenters. The second kappa shape index (κ2) is 6.22. The van der Waals surface area contributed by atoms with Crippen LogP contribution >= 0.6 is 0 Å². The summed E-state index contributed by atoms with van der Waals surface area (Å²) in [5, 5.41) is 0. The van der Waals surface area contributed by atoms with Gasteiger partial charge in [0.25, 0.3) is 0 Å². The van der Waals surface area contributed by atoms with Crippen molar-refractivity contribution in [2.45, 2.75) is 53.4 Å². The number of hydrogen-bond acceptors (Lipinski definition) is 1. The highest BCUT2D eigenvalue weighted by Gasteiger charge is 2.21. The van der Waals surface area contributed by atoms with E-state index < -0.39 is 0 Å². The van der Waals surface area contributed by atoms with Gasteiger partial charge in [-0.05, 0) is 30.6 Å². The van der Waals surface area contributed by atoms with Gasteiger partial charge in [0.1, 0.15) is 5.78 Å². The molecule has 92 valence electrons. The zero-order chi connectivity index (χ0) is 12.1.